The normalized spacial score (nSPS) is 18.2. The molecule has 2 aromatic rings. The number of aromatic hydroxyl groups is 1. The van der Waals surface area contributed by atoms with Gasteiger partial charge in [0, 0.05) is 31.4 Å². The van der Waals surface area contributed by atoms with Crippen LogP contribution in [0.4, 0.5) is 5.69 Å². The molecular formula is C23H31N3O4. The molecule has 0 radical (unpaired) electrons. The standard InChI is InChI=1S/C23H31N3O4/c1-23(2,29)21(24)22(28)26-12-11-25(17-9-10-20(30-3)19(27)14-17)15-18(26)13-16-7-5-4-6-8-16/h4-10,14,18,21,27,29H,11-13,15,24H2,1-3H3/t18-,21-/m0/s1. The maximum atomic E-state index is 13.1. The van der Waals surface area contributed by atoms with Crippen LogP contribution in [0.5, 0.6) is 11.5 Å². The van der Waals surface area contributed by atoms with Crippen LogP contribution in [0, 0.1) is 0 Å². The first kappa shape index (κ1) is 21.9. The first-order chi connectivity index (χ1) is 14.2. The summed E-state index contributed by atoms with van der Waals surface area (Å²) in [5.41, 5.74) is 6.77. The van der Waals surface area contributed by atoms with Gasteiger partial charge in [0.05, 0.1) is 18.8 Å². The highest BCUT2D eigenvalue weighted by molar-refractivity contribution is 5.83. The van der Waals surface area contributed by atoms with Crippen molar-refractivity contribution in [2.75, 3.05) is 31.6 Å². The minimum atomic E-state index is -1.30. The molecule has 0 unspecified atom stereocenters. The Bertz CT molecular complexity index is 866. The number of phenolic OH excluding ortho intramolecular Hbond substituents is 1. The number of aliphatic hydroxyl groups is 1. The Morgan fingerprint density at radius 1 is 1.23 bits per heavy atom. The molecule has 2 aromatic carbocycles. The molecule has 7 heteroatoms. The minimum Gasteiger partial charge on any atom is -0.504 e. The molecule has 7 nitrogen and oxygen atoms in total. The molecule has 1 fully saturated rings. The van der Waals surface area contributed by atoms with Crippen LogP contribution in [0.1, 0.15) is 19.4 Å². The summed E-state index contributed by atoms with van der Waals surface area (Å²) in [6, 6.07) is 14.2. The predicted octanol–water partition coefficient (Wildman–Crippen LogP) is 1.76. The minimum absolute atomic E-state index is 0.0807. The van der Waals surface area contributed by atoms with E-state index >= 15 is 0 Å². The molecule has 0 bridgehead atoms. The molecule has 1 aliphatic rings. The largest absolute Gasteiger partial charge is 0.504 e. The van der Waals surface area contributed by atoms with Gasteiger partial charge in [-0.3, -0.25) is 4.79 Å². The molecule has 3 rings (SSSR count). The number of ether oxygens (including phenoxy) is 1. The summed E-state index contributed by atoms with van der Waals surface area (Å²) in [6.07, 6.45) is 0.670. The lowest BCUT2D eigenvalue weighted by atomic mass is 9.95. The van der Waals surface area contributed by atoms with Gasteiger partial charge in [-0.15, -0.1) is 0 Å². The van der Waals surface area contributed by atoms with Crippen LogP contribution in [0.2, 0.25) is 0 Å². The molecular weight excluding hydrogens is 382 g/mol. The Hall–Kier alpha value is -2.77. The molecule has 1 heterocycles. The number of hydrogen-bond acceptors (Lipinski definition) is 6. The Morgan fingerprint density at radius 2 is 1.93 bits per heavy atom. The number of phenols is 1. The zero-order valence-corrected chi connectivity index (χ0v) is 17.8. The number of benzene rings is 2. The summed E-state index contributed by atoms with van der Waals surface area (Å²) in [6.45, 7) is 4.77. The molecule has 30 heavy (non-hydrogen) atoms. The average molecular weight is 414 g/mol. The van der Waals surface area contributed by atoms with E-state index in [2.05, 4.69) is 4.90 Å². The summed E-state index contributed by atoms with van der Waals surface area (Å²) in [5, 5.41) is 20.4. The van der Waals surface area contributed by atoms with E-state index < -0.39 is 11.6 Å². The fraction of sp³-hybridized carbons (Fsp3) is 0.435. The zero-order valence-electron chi connectivity index (χ0n) is 17.8. The van der Waals surface area contributed by atoms with E-state index in [0.717, 1.165) is 11.3 Å². The van der Waals surface area contributed by atoms with Crippen LogP contribution in [0.15, 0.2) is 48.5 Å². The number of rotatable bonds is 6. The third-order valence-electron chi connectivity index (χ3n) is 5.63. The van der Waals surface area contributed by atoms with Crippen LogP contribution >= 0.6 is 0 Å². The van der Waals surface area contributed by atoms with Crippen molar-refractivity contribution in [1.29, 1.82) is 0 Å². The molecule has 162 valence electrons. The Kier molecular flexibility index (Phi) is 6.53. The lowest BCUT2D eigenvalue weighted by Crippen LogP contribution is -2.62. The Balaban J connectivity index is 1.85. The Labute approximate surface area is 177 Å². The second-order valence-electron chi connectivity index (χ2n) is 8.31. The van der Waals surface area contributed by atoms with E-state index in [4.69, 9.17) is 10.5 Å². The van der Waals surface area contributed by atoms with Crippen molar-refractivity contribution in [2.24, 2.45) is 5.73 Å². The number of hydrogen-bond donors (Lipinski definition) is 3. The van der Waals surface area contributed by atoms with Gasteiger partial charge in [-0.05, 0) is 38.0 Å². The summed E-state index contributed by atoms with van der Waals surface area (Å²) in [7, 11) is 1.51. The lowest BCUT2D eigenvalue weighted by Gasteiger charge is -2.44. The Morgan fingerprint density at radius 3 is 2.53 bits per heavy atom. The number of methoxy groups -OCH3 is 1. The van der Waals surface area contributed by atoms with E-state index in [1.54, 1.807) is 30.9 Å². The number of anilines is 1. The maximum absolute atomic E-state index is 13.1. The van der Waals surface area contributed by atoms with Crippen molar-refractivity contribution in [3.05, 3.63) is 54.1 Å². The second-order valence-corrected chi connectivity index (χ2v) is 8.31. The zero-order chi connectivity index (χ0) is 21.9. The van der Waals surface area contributed by atoms with Crippen molar-refractivity contribution in [1.82, 2.24) is 4.90 Å². The number of carbonyl (C=O) groups excluding carboxylic acids is 1. The molecule has 0 aromatic heterocycles. The number of nitrogens with two attached hydrogens (primary N) is 1. The van der Waals surface area contributed by atoms with Gasteiger partial charge in [0.15, 0.2) is 11.5 Å². The first-order valence-electron chi connectivity index (χ1n) is 10.1. The predicted molar refractivity (Wildman–Crippen MR) is 117 cm³/mol. The van der Waals surface area contributed by atoms with Crippen LogP contribution < -0.4 is 15.4 Å². The van der Waals surface area contributed by atoms with Crippen molar-refractivity contribution in [3.63, 3.8) is 0 Å². The number of amides is 1. The van der Waals surface area contributed by atoms with Gasteiger partial charge in [0.2, 0.25) is 5.91 Å². The van der Waals surface area contributed by atoms with E-state index in [9.17, 15) is 15.0 Å². The van der Waals surface area contributed by atoms with Crippen molar-refractivity contribution < 1.29 is 19.7 Å². The fourth-order valence-electron chi connectivity index (χ4n) is 3.80. The molecule has 2 atom stereocenters. The van der Waals surface area contributed by atoms with Gasteiger partial charge in [-0.1, -0.05) is 30.3 Å². The van der Waals surface area contributed by atoms with Crippen molar-refractivity contribution >= 4 is 11.6 Å². The van der Waals surface area contributed by atoms with Crippen LogP contribution in [0.25, 0.3) is 0 Å². The van der Waals surface area contributed by atoms with Crippen molar-refractivity contribution in [3.8, 4) is 11.5 Å². The second kappa shape index (κ2) is 8.93. The summed E-state index contributed by atoms with van der Waals surface area (Å²) >= 11 is 0. The lowest BCUT2D eigenvalue weighted by molar-refractivity contribution is -0.140. The molecule has 0 spiro atoms. The summed E-state index contributed by atoms with van der Waals surface area (Å²) in [4.78, 5) is 17.0. The van der Waals surface area contributed by atoms with Crippen molar-refractivity contribution in [2.45, 2.75) is 38.0 Å². The molecule has 1 aliphatic heterocycles. The highest BCUT2D eigenvalue weighted by Crippen LogP contribution is 2.32. The van der Waals surface area contributed by atoms with Gasteiger partial charge < -0.3 is 30.5 Å². The van der Waals surface area contributed by atoms with Gasteiger partial charge in [0.25, 0.3) is 0 Å². The average Bonchev–Trinajstić information content (AvgIpc) is 2.72. The molecule has 0 saturated carbocycles. The van der Waals surface area contributed by atoms with Gasteiger partial charge in [0.1, 0.15) is 6.04 Å². The van der Waals surface area contributed by atoms with E-state index in [0.29, 0.717) is 31.8 Å². The monoisotopic (exact) mass is 413 g/mol. The number of carbonyl (C=O) groups is 1. The van der Waals surface area contributed by atoms with E-state index in [1.807, 2.05) is 36.4 Å². The molecule has 4 N–H and O–H groups in total. The van der Waals surface area contributed by atoms with Crippen LogP contribution in [-0.4, -0.2) is 65.4 Å². The third-order valence-corrected chi connectivity index (χ3v) is 5.63. The fourth-order valence-corrected chi connectivity index (χ4v) is 3.80. The highest BCUT2D eigenvalue weighted by Gasteiger charge is 2.38. The van der Waals surface area contributed by atoms with E-state index in [1.165, 1.54) is 7.11 Å². The third kappa shape index (κ3) is 4.86. The van der Waals surface area contributed by atoms with Crippen LogP contribution in [-0.2, 0) is 11.2 Å². The summed E-state index contributed by atoms with van der Waals surface area (Å²) < 4.78 is 5.14. The first-order valence-corrected chi connectivity index (χ1v) is 10.1. The van der Waals surface area contributed by atoms with Gasteiger partial charge >= 0.3 is 0 Å². The quantitative estimate of drug-likeness (QED) is 0.667. The SMILES string of the molecule is COc1ccc(N2CCN(C(=O)[C@H](N)C(C)(C)O)[C@@H](Cc3ccccc3)C2)cc1O. The van der Waals surface area contributed by atoms with E-state index in [-0.39, 0.29) is 17.7 Å². The number of nitrogens with zero attached hydrogens (tertiary/aromatic N) is 2. The molecule has 1 saturated heterocycles. The summed E-state index contributed by atoms with van der Waals surface area (Å²) in [5.74, 6) is 0.252. The maximum Gasteiger partial charge on any atom is 0.242 e. The topological polar surface area (TPSA) is 99.3 Å². The smallest absolute Gasteiger partial charge is 0.242 e. The van der Waals surface area contributed by atoms with Crippen LogP contribution in [0.3, 0.4) is 0 Å². The van der Waals surface area contributed by atoms with Gasteiger partial charge in [-0.25, -0.2) is 0 Å². The molecule has 1 amide bonds. The van der Waals surface area contributed by atoms with Gasteiger partial charge in [-0.2, -0.15) is 0 Å². The highest BCUT2D eigenvalue weighted by atomic mass is 16.5. The molecule has 0 aliphatic carbocycles. The number of piperazine rings is 1.